The maximum absolute atomic E-state index is 13.6. The van der Waals surface area contributed by atoms with E-state index < -0.39 is 11.6 Å². The molecule has 0 aliphatic carbocycles. The predicted molar refractivity (Wildman–Crippen MR) is 72.6 cm³/mol. The Morgan fingerprint density at radius 3 is 2.75 bits per heavy atom. The van der Waals surface area contributed by atoms with Gasteiger partial charge in [-0.1, -0.05) is 23.7 Å². The van der Waals surface area contributed by atoms with Gasteiger partial charge in [0.25, 0.3) is 0 Å². The molecule has 0 aliphatic rings. The first kappa shape index (κ1) is 14.0. The maximum atomic E-state index is 13.6. The Morgan fingerprint density at radius 1 is 1.35 bits per heavy atom. The van der Waals surface area contributed by atoms with Gasteiger partial charge in [0.05, 0.1) is 12.7 Å². The minimum atomic E-state index is -0.814. The van der Waals surface area contributed by atoms with Crippen LogP contribution in [-0.4, -0.2) is 12.9 Å². The first-order chi connectivity index (χ1) is 9.56. The molecule has 0 aromatic heterocycles. The molecule has 20 heavy (non-hydrogen) atoms. The van der Waals surface area contributed by atoms with Gasteiger partial charge in [0, 0.05) is 16.1 Å². The summed E-state index contributed by atoms with van der Waals surface area (Å²) in [5.41, 5.74) is -0.0875. The van der Waals surface area contributed by atoms with E-state index in [4.69, 9.17) is 21.6 Å². The van der Waals surface area contributed by atoms with Crippen molar-refractivity contribution in [3.8, 4) is 11.8 Å². The van der Waals surface area contributed by atoms with Crippen LogP contribution < -0.4 is 4.74 Å². The number of nitrogens with zero attached hydrogens (tertiary/aromatic N) is 1. The number of carbonyl (C=O) groups is 1. The highest BCUT2D eigenvalue weighted by atomic mass is 35.5. The quantitative estimate of drug-likeness (QED) is 0.811. The maximum Gasteiger partial charge on any atom is 0.194 e. The van der Waals surface area contributed by atoms with Crippen molar-refractivity contribution in [2.75, 3.05) is 7.11 Å². The Morgan fingerprint density at radius 2 is 2.10 bits per heavy atom. The summed E-state index contributed by atoms with van der Waals surface area (Å²) >= 11 is 5.74. The van der Waals surface area contributed by atoms with Gasteiger partial charge >= 0.3 is 0 Å². The van der Waals surface area contributed by atoms with E-state index in [9.17, 15) is 9.18 Å². The molecule has 2 aromatic rings. The van der Waals surface area contributed by atoms with E-state index in [2.05, 4.69) is 0 Å². The van der Waals surface area contributed by atoms with Crippen molar-refractivity contribution < 1.29 is 13.9 Å². The lowest BCUT2D eigenvalue weighted by molar-refractivity contribution is 0.103. The van der Waals surface area contributed by atoms with Gasteiger partial charge in [0.15, 0.2) is 5.78 Å². The number of methoxy groups -OCH3 is 1. The molecule has 0 saturated carbocycles. The molecule has 0 radical (unpaired) electrons. The number of ketones is 1. The van der Waals surface area contributed by atoms with Crippen LogP contribution in [0.15, 0.2) is 36.4 Å². The minimum Gasteiger partial charge on any atom is -0.497 e. The largest absolute Gasteiger partial charge is 0.497 e. The smallest absolute Gasteiger partial charge is 0.194 e. The third kappa shape index (κ3) is 2.63. The number of benzene rings is 2. The monoisotopic (exact) mass is 289 g/mol. The summed E-state index contributed by atoms with van der Waals surface area (Å²) in [5, 5.41) is 9.04. The SMILES string of the molecule is COc1cccc(C(=O)c2cc(Cl)cc(F)c2C#N)c1. The van der Waals surface area contributed by atoms with Crippen molar-refractivity contribution in [3.63, 3.8) is 0 Å². The molecule has 0 spiro atoms. The second-order valence-corrected chi connectivity index (χ2v) is 4.42. The Balaban J connectivity index is 2.56. The average Bonchev–Trinajstić information content (AvgIpc) is 2.45. The molecule has 0 bridgehead atoms. The Bertz CT molecular complexity index is 722. The van der Waals surface area contributed by atoms with Gasteiger partial charge in [-0.15, -0.1) is 0 Å². The second kappa shape index (κ2) is 5.72. The molecule has 0 fully saturated rings. The van der Waals surface area contributed by atoms with Crippen molar-refractivity contribution in [2.24, 2.45) is 0 Å². The summed E-state index contributed by atoms with van der Waals surface area (Å²) in [7, 11) is 1.48. The molecular weight excluding hydrogens is 281 g/mol. The van der Waals surface area contributed by atoms with Crippen molar-refractivity contribution in [2.45, 2.75) is 0 Å². The average molecular weight is 290 g/mol. The summed E-state index contributed by atoms with van der Waals surface area (Å²) in [6, 6.07) is 10.4. The van der Waals surface area contributed by atoms with Crippen molar-refractivity contribution >= 4 is 17.4 Å². The van der Waals surface area contributed by atoms with E-state index >= 15 is 0 Å². The van der Waals surface area contributed by atoms with Gasteiger partial charge in [-0.05, 0) is 24.3 Å². The molecule has 3 nitrogen and oxygen atoms in total. The normalized spacial score (nSPS) is 9.90. The van der Waals surface area contributed by atoms with E-state index in [1.54, 1.807) is 24.3 Å². The summed E-state index contributed by atoms with van der Waals surface area (Å²) in [5.74, 6) is -0.801. The first-order valence-electron chi connectivity index (χ1n) is 5.64. The lowest BCUT2D eigenvalue weighted by Crippen LogP contribution is -2.06. The number of ether oxygens (including phenoxy) is 1. The van der Waals surface area contributed by atoms with Crippen LogP contribution in [-0.2, 0) is 0 Å². The Kier molecular flexibility index (Phi) is 4.02. The summed E-state index contributed by atoms with van der Waals surface area (Å²) < 4.78 is 18.7. The zero-order valence-electron chi connectivity index (χ0n) is 10.5. The zero-order valence-corrected chi connectivity index (χ0v) is 11.2. The van der Waals surface area contributed by atoms with Crippen LogP contribution >= 0.6 is 11.6 Å². The van der Waals surface area contributed by atoms with Crippen molar-refractivity contribution in [1.29, 1.82) is 5.26 Å². The molecule has 0 amide bonds. The van der Waals surface area contributed by atoms with Gasteiger partial charge in [0.2, 0.25) is 0 Å². The van der Waals surface area contributed by atoms with Gasteiger partial charge in [-0.3, -0.25) is 4.79 Å². The topological polar surface area (TPSA) is 50.1 Å². The highest BCUT2D eigenvalue weighted by Gasteiger charge is 2.18. The summed E-state index contributed by atoms with van der Waals surface area (Å²) in [6.07, 6.45) is 0. The number of hydrogen-bond donors (Lipinski definition) is 0. The number of hydrogen-bond acceptors (Lipinski definition) is 3. The fraction of sp³-hybridized carbons (Fsp3) is 0.0667. The summed E-state index contributed by atoms with van der Waals surface area (Å²) in [4.78, 5) is 12.4. The fourth-order valence-electron chi connectivity index (χ4n) is 1.79. The van der Waals surface area contributed by atoms with E-state index in [0.717, 1.165) is 6.07 Å². The molecule has 0 saturated heterocycles. The lowest BCUT2D eigenvalue weighted by Gasteiger charge is -2.07. The highest BCUT2D eigenvalue weighted by molar-refractivity contribution is 6.31. The molecule has 100 valence electrons. The molecule has 0 aliphatic heterocycles. The lowest BCUT2D eigenvalue weighted by atomic mass is 9.98. The molecule has 2 rings (SSSR count). The van der Waals surface area contributed by atoms with E-state index in [0.29, 0.717) is 11.3 Å². The van der Waals surface area contributed by atoms with Crippen LogP contribution in [0, 0.1) is 17.1 Å². The minimum absolute atomic E-state index is 0.0627. The van der Waals surface area contributed by atoms with Crippen molar-refractivity contribution in [3.05, 3.63) is 63.9 Å². The molecule has 5 heteroatoms. The zero-order chi connectivity index (χ0) is 14.7. The van der Waals surface area contributed by atoms with Gasteiger partial charge in [-0.25, -0.2) is 4.39 Å². The first-order valence-corrected chi connectivity index (χ1v) is 6.02. The van der Waals surface area contributed by atoms with Crippen LogP contribution in [0.4, 0.5) is 4.39 Å². The molecular formula is C15H9ClFNO2. The van der Waals surface area contributed by atoms with Gasteiger partial charge in [0.1, 0.15) is 17.6 Å². The Hall–Kier alpha value is -2.38. The van der Waals surface area contributed by atoms with Crippen LogP contribution in [0.25, 0.3) is 0 Å². The Labute approximate surface area is 120 Å². The molecule has 0 unspecified atom stereocenters. The van der Waals surface area contributed by atoms with Crippen LogP contribution in [0.3, 0.4) is 0 Å². The number of carbonyl (C=O) groups excluding carboxylic acids is 1. The standard InChI is InChI=1S/C15H9ClFNO2/c1-20-11-4-2-3-9(5-11)15(19)12-6-10(16)7-14(17)13(12)8-18/h2-7H,1H3. The van der Waals surface area contributed by atoms with Crippen LogP contribution in [0.2, 0.25) is 5.02 Å². The molecule has 0 atom stereocenters. The third-order valence-corrected chi connectivity index (χ3v) is 2.96. The van der Waals surface area contributed by atoms with Crippen LogP contribution in [0.5, 0.6) is 5.75 Å². The second-order valence-electron chi connectivity index (χ2n) is 3.98. The number of halogens is 2. The summed E-state index contributed by atoms with van der Waals surface area (Å²) in [6.45, 7) is 0. The van der Waals surface area contributed by atoms with Gasteiger partial charge in [-0.2, -0.15) is 5.26 Å². The number of rotatable bonds is 3. The fourth-order valence-corrected chi connectivity index (χ4v) is 1.99. The third-order valence-electron chi connectivity index (χ3n) is 2.74. The predicted octanol–water partition coefficient (Wildman–Crippen LogP) is 3.59. The molecule has 2 aromatic carbocycles. The highest BCUT2D eigenvalue weighted by Crippen LogP contribution is 2.23. The van der Waals surface area contributed by atoms with E-state index in [1.807, 2.05) is 0 Å². The van der Waals surface area contributed by atoms with E-state index in [1.165, 1.54) is 19.2 Å². The van der Waals surface area contributed by atoms with E-state index in [-0.39, 0.29) is 16.1 Å². The van der Waals surface area contributed by atoms with Gasteiger partial charge < -0.3 is 4.74 Å². The van der Waals surface area contributed by atoms with Crippen molar-refractivity contribution in [1.82, 2.24) is 0 Å². The molecule has 0 N–H and O–H groups in total. The number of nitriles is 1. The molecule has 0 heterocycles. The van der Waals surface area contributed by atoms with Crippen LogP contribution in [0.1, 0.15) is 21.5 Å².